The van der Waals surface area contributed by atoms with Crippen LogP contribution in [-0.4, -0.2) is 10.9 Å². The van der Waals surface area contributed by atoms with Crippen LogP contribution >= 0.6 is 11.3 Å². The lowest BCUT2D eigenvalue weighted by Gasteiger charge is -2.02. The van der Waals surface area contributed by atoms with Gasteiger partial charge in [0.2, 0.25) is 0 Å². The summed E-state index contributed by atoms with van der Waals surface area (Å²) >= 11 is 1.43. The van der Waals surface area contributed by atoms with Crippen molar-refractivity contribution in [3.63, 3.8) is 0 Å². The normalized spacial score (nSPS) is 9.65. The van der Waals surface area contributed by atoms with E-state index in [2.05, 4.69) is 10.3 Å². The predicted molar refractivity (Wildman–Crippen MR) is 66.0 cm³/mol. The molecule has 1 amide bonds. The molecule has 5 heteroatoms. The van der Waals surface area contributed by atoms with Gasteiger partial charge in [0.1, 0.15) is 5.69 Å². The fourth-order valence-electron chi connectivity index (χ4n) is 1.29. The zero-order valence-electron chi connectivity index (χ0n) is 9.10. The van der Waals surface area contributed by atoms with E-state index >= 15 is 0 Å². The van der Waals surface area contributed by atoms with Crippen molar-refractivity contribution in [1.29, 1.82) is 5.26 Å². The van der Waals surface area contributed by atoms with Crippen LogP contribution in [0.15, 0.2) is 29.6 Å². The van der Waals surface area contributed by atoms with Crippen LogP contribution in [0.25, 0.3) is 0 Å². The number of nitrogens with zero attached hydrogens (tertiary/aromatic N) is 2. The summed E-state index contributed by atoms with van der Waals surface area (Å²) in [4.78, 5) is 15.8. The molecule has 0 unspecified atom stereocenters. The lowest BCUT2D eigenvalue weighted by molar-refractivity contribution is 0.102. The van der Waals surface area contributed by atoms with Crippen LogP contribution in [0, 0.1) is 18.3 Å². The number of anilines is 1. The molecule has 1 aromatic heterocycles. The number of nitrogens with one attached hydrogen (secondary N) is 1. The van der Waals surface area contributed by atoms with Crippen LogP contribution in [0.2, 0.25) is 0 Å². The van der Waals surface area contributed by atoms with Crippen molar-refractivity contribution >= 4 is 22.9 Å². The highest BCUT2D eigenvalue weighted by atomic mass is 32.1. The molecule has 0 aliphatic heterocycles. The first-order chi connectivity index (χ1) is 8.19. The van der Waals surface area contributed by atoms with Gasteiger partial charge in [-0.2, -0.15) is 5.26 Å². The fraction of sp³-hybridized carbons (Fsp3) is 0.0833. The van der Waals surface area contributed by atoms with E-state index in [-0.39, 0.29) is 5.91 Å². The SMILES string of the molecule is Cc1nc(C(=O)Nc2ccc(C#N)cc2)cs1. The molecule has 4 nitrogen and oxygen atoms in total. The Morgan fingerprint density at radius 2 is 2.12 bits per heavy atom. The second-order valence-corrected chi connectivity index (χ2v) is 4.46. The molecule has 2 rings (SSSR count). The monoisotopic (exact) mass is 243 g/mol. The summed E-state index contributed by atoms with van der Waals surface area (Å²) in [5.41, 5.74) is 1.63. The minimum Gasteiger partial charge on any atom is -0.321 e. The Hall–Kier alpha value is -2.19. The van der Waals surface area contributed by atoms with E-state index in [1.54, 1.807) is 29.6 Å². The molecule has 0 radical (unpaired) electrons. The number of amides is 1. The average molecular weight is 243 g/mol. The van der Waals surface area contributed by atoms with Crippen molar-refractivity contribution < 1.29 is 4.79 Å². The van der Waals surface area contributed by atoms with Crippen LogP contribution in [0.1, 0.15) is 21.1 Å². The highest BCUT2D eigenvalue weighted by Gasteiger charge is 2.09. The molecule has 2 aromatic rings. The van der Waals surface area contributed by atoms with Gasteiger partial charge in [-0.3, -0.25) is 4.79 Å². The van der Waals surface area contributed by atoms with E-state index in [1.807, 2.05) is 13.0 Å². The van der Waals surface area contributed by atoms with Gasteiger partial charge < -0.3 is 5.32 Å². The molecular formula is C12H9N3OS. The first-order valence-electron chi connectivity index (χ1n) is 4.92. The van der Waals surface area contributed by atoms with E-state index in [1.165, 1.54) is 11.3 Å². The Kier molecular flexibility index (Phi) is 3.17. The largest absolute Gasteiger partial charge is 0.321 e. The molecular weight excluding hydrogens is 234 g/mol. The number of nitriles is 1. The zero-order chi connectivity index (χ0) is 12.3. The van der Waals surface area contributed by atoms with Crippen LogP contribution in [0.3, 0.4) is 0 Å². The molecule has 0 bridgehead atoms. The van der Waals surface area contributed by atoms with Gasteiger partial charge >= 0.3 is 0 Å². The van der Waals surface area contributed by atoms with Crippen molar-refractivity contribution in [1.82, 2.24) is 4.98 Å². The number of benzene rings is 1. The maximum absolute atomic E-state index is 11.7. The predicted octanol–water partition coefficient (Wildman–Crippen LogP) is 2.58. The van der Waals surface area contributed by atoms with E-state index in [9.17, 15) is 4.79 Å². The Balaban J connectivity index is 2.11. The van der Waals surface area contributed by atoms with Gasteiger partial charge in [0.25, 0.3) is 5.91 Å². The van der Waals surface area contributed by atoms with Crippen molar-refractivity contribution in [2.45, 2.75) is 6.92 Å². The molecule has 0 saturated carbocycles. The fourth-order valence-corrected chi connectivity index (χ4v) is 1.88. The number of hydrogen-bond donors (Lipinski definition) is 1. The molecule has 1 N–H and O–H groups in total. The van der Waals surface area contributed by atoms with Gasteiger partial charge in [0.05, 0.1) is 16.6 Å². The maximum atomic E-state index is 11.7. The number of hydrogen-bond acceptors (Lipinski definition) is 4. The van der Waals surface area contributed by atoms with E-state index in [0.29, 0.717) is 16.9 Å². The molecule has 17 heavy (non-hydrogen) atoms. The first kappa shape index (κ1) is 11.3. The third-order valence-corrected chi connectivity index (χ3v) is 2.90. The number of thiazole rings is 1. The van der Waals surface area contributed by atoms with Crippen molar-refractivity contribution in [3.05, 3.63) is 45.9 Å². The topological polar surface area (TPSA) is 65.8 Å². The van der Waals surface area contributed by atoms with Crippen molar-refractivity contribution in [3.8, 4) is 6.07 Å². The van der Waals surface area contributed by atoms with Gasteiger partial charge in [-0.25, -0.2) is 4.98 Å². The second kappa shape index (κ2) is 4.76. The van der Waals surface area contributed by atoms with Crippen LogP contribution in [-0.2, 0) is 0 Å². The minimum absolute atomic E-state index is 0.237. The van der Waals surface area contributed by atoms with Gasteiger partial charge in [-0.05, 0) is 31.2 Å². The minimum atomic E-state index is -0.237. The van der Waals surface area contributed by atoms with Crippen LogP contribution < -0.4 is 5.32 Å². The molecule has 0 saturated heterocycles. The Morgan fingerprint density at radius 3 is 2.65 bits per heavy atom. The number of rotatable bonds is 2. The Morgan fingerprint density at radius 1 is 1.41 bits per heavy atom. The number of carbonyl (C=O) groups excluding carboxylic acids is 1. The molecule has 0 atom stereocenters. The summed E-state index contributed by atoms with van der Waals surface area (Å²) in [7, 11) is 0. The number of carbonyl (C=O) groups is 1. The quantitative estimate of drug-likeness (QED) is 0.881. The molecule has 1 aromatic carbocycles. The highest BCUT2D eigenvalue weighted by Crippen LogP contribution is 2.12. The van der Waals surface area contributed by atoms with Gasteiger partial charge in [0, 0.05) is 11.1 Å². The third kappa shape index (κ3) is 2.68. The molecule has 84 valence electrons. The van der Waals surface area contributed by atoms with Gasteiger partial charge in [0.15, 0.2) is 0 Å². The Labute approximate surface area is 103 Å². The summed E-state index contributed by atoms with van der Waals surface area (Å²) in [5.74, 6) is -0.237. The molecule has 0 aliphatic carbocycles. The Bertz CT molecular complexity index is 581. The first-order valence-corrected chi connectivity index (χ1v) is 5.80. The maximum Gasteiger partial charge on any atom is 0.275 e. The lowest BCUT2D eigenvalue weighted by atomic mass is 10.2. The smallest absolute Gasteiger partial charge is 0.275 e. The molecule has 1 heterocycles. The molecule has 0 fully saturated rings. The third-order valence-electron chi connectivity index (χ3n) is 2.12. The summed E-state index contributed by atoms with van der Waals surface area (Å²) in [5, 5.41) is 13.9. The van der Waals surface area contributed by atoms with E-state index in [0.717, 1.165) is 5.01 Å². The van der Waals surface area contributed by atoms with Gasteiger partial charge in [-0.1, -0.05) is 0 Å². The van der Waals surface area contributed by atoms with E-state index in [4.69, 9.17) is 5.26 Å². The number of aromatic nitrogens is 1. The molecule has 0 aliphatic rings. The number of aryl methyl sites for hydroxylation is 1. The summed E-state index contributed by atoms with van der Waals surface area (Å²) in [6, 6.07) is 8.71. The highest BCUT2D eigenvalue weighted by molar-refractivity contribution is 7.09. The summed E-state index contributed by atoms with van der Waals surface area (Å²) in [6.07, 6.45) is 0. The standard InChI is InChI=1S/C12H9N3OS/c1-8-14-11(7-17-8)12(16)15-10-4-2-9(6-13)3-5-10/h2-5,7H,1H3,(H,15,16). The van der Waals surface area contributed by atoms with Crippen molar-refractivity contribution in [2.24, 2.45) is 0 Å². The zero-order valence-corrected chi connectivity index (χ0v) is 9.91. The summed E-state index contributed by atoms with van der Waals surface area (Å²) in [6.45, 7) is 1.85. The van der Waals surface area contributed by atoms with Crippen LogP contribution in [0.4, 0.5) is 5.69 Å². The second-order valence-electron chi connectivity index (χ2n) is 3.40. The van der Waals surface area contributed by atoms with Gasteiger partial charge in [-0.15, -0.1) is 11.3 Å². The van der Waals surface area contributed by atoms with Crippen LogP contribution in [0.5, 0.6) is 0 Å². The average Bonchev–Trinajstić information content (AvgIpc) is 2.77. The van der Waals surface area contributed by atoms with Crippen molar-refractivity contribution in [2.75, 3.05) is 5.32 Å². The lowest BCUT2D eigenvalue weighted by Crippen LogP contribution is -2.12. The summed E-state index contributed by atoms with van der Waals surface area (Å²) < 4.78 is 0. The van der Waals surface area contributed by atoms with E-state index < -0.39 is 0 Å². The molecule has 0 spiro atoms.